The molecule has 1 aliphatic carbocycles. The summed E-state index contributed by atoms with van der Waals surface area (Å²) in [6.45, 7) is 6.85. The van der Waals surface area contributed by atoms with E-state index in [9.17, 15) is 0 Å². The summed E-state index contributed by atoms with van der Waals surface area (Å²) in [4.78, 5) is 14.8. The highest BCUT2D eigenvalue weighted by Gasteiger charge is 2.33. The fraction of sp³-hybridized carbons (Fsp3) is 0.750. The van der Waals surface area contributed by atoms with Crippen molar-refractivity contribution >= 4 is 11.6 Å². The molecule has 3 aliphatic rings. The highest BCUT2D eigenvalue weighted by molar-refractivity contribution is 5.59. The van der Waals surface area contributed by atoms with Crippen molar-refractivity contribution in [2.45, 2.75) is 44.6 Å². The quantitative estimate of drug-likeness (QED) is 0.921. The molecule has 1 unspecified atom stereocenters. The number of nitrogens with zero attached hydrogens (tertiary/aromatic N) is 4. The molecule has 5 heteroatoms. The number of hydrogen-bond donors (Lipinski definition) is 1. The van der Waals surface area contributed by atoms with Gasteiger partial charge in [-0.2, -0.15) is 0 Å². The minimum absolute atomic E-state index is 0.601. The second-order valence-electron chi connectivity index (χ2n) is 6.68. The Hall–Kier alpha value is -1.36. The van der Waals surface area contributed by atoms with Crippen LogP contribution in [0.25, 0.3) is 0 Å². The van der Waals surface area contributed by atoms with E-state index in [4.69, 9.17) is 9.97 Å². The van der Waals surface area contributed by atoms with Crippen molar-refractivity contribution in [2.75, 3.05) is 43.4 Å². The third kappa shape index (κ3) is 2.37. The topological polar surface area (TPSA) is 44.3 Å². The second-order valence-corrected chi connectivity index (χ2v) is 6.68. The van der Waals surface area contributed by atoms with Crippen LogP contribution >= 0.6 is 0 Å². The lowest BCUT2D eigenvalue weighted by atomic mass is 10.1. The molecule has 1 N–H and O–H groups in total. The highest BCUT2D eigenvalue weighted by Crippen LogP contribution is 2.40. The summed E-state index contributed by atoms with van der Waals surface area (Å²) >= 11 is 0. The Morgan fingerprint density at radius 3 is 2.71 bits per heavy atom. The highest BCUT2D eigenvalue weighted by atomic mass is 15.3. The Labute approximate surface area is 126 Å². The maximum atomic E-state index is 4.94. The maximum absolute atomic E-state index is 4.94. The predicted molar refractivity (Wildman–Crippen MR) is 85.1 cm³/mol. The Morgan fingerprint density at radius 2 is 1.95 bits per heavy atom. The number of piperazine rings is 1. The van der Waals surface area contributed by atoms with Gasteiger partial charge < -0.3 is 10.2 Å². The summed E-state index contributed by atoms with van der Waals surface area (Å²) in [7, 11) is 1.96. The molecule has 4 rings (SSSR count). The molecule has 3 heterocycles. The molecule has 3 fully saturated rings. The third-order valence-electron chi connectivity index (χ3n) is 5.20. The van der Waals surface area contributed by atoms with Gasteiger partial charge in [-0.05, 0) is 39.2 Å². The Kier molecular flexibility index (Phi) is 3.25. The van der Waals surface area contributed by atoms with Crippen molar-refractivity contribution in [3.8, 4) is 0 Å². The summed E-state index contributed by atoms with van der Waals surface area (Å²) in [6.07, 6.45) is 5.20. The van der Waals surface area contributed by atoms with Crippen molar-refractivity contribution in [3.63, 3.8) is 0 Å². The van der Waals surface area contributed by atoms with Crippen molar-refractivity contribution in [1.29, 1.82) is 0 Å². The standard InChI is InChI=1S/C16H25N5/c1-11-14(17-2)18-15(12-5-6-12)19-16(11)21-9-8-20-7-3-4-13(20)10-21/h12-13H,3-10H2,1-2H3,(H,17,18,19). The Bertz CT molecular complexity index is 540. The number of fused-ring (bicyclic) bond motifs is 1. The molecule has 0 aromatic carbocycles. The molecule has 0 radical (unpaired) electrons. The largest absolute Gasteiger partial charge is 0.373 e. The van der Waals surface area contributed by atoms with Gasteiger partial charge in [-0.3, -0.25) is 4.90 Å². The first-order chi connectivity index (χ1) is 10.3. The molecule has 0 spiro atoms. The predicted octanol–water partition coefficient (Wildman–Crippen LogP) is 1.99. The monoisotopic (exact) mass is 287 g/mol. The first-order valence-electron chi connectivity index (χ1n) is 8.31. The zero-order valence-corrected chi connectivity index (χ0v) is 13.1. The molecule has 1 aromatic rings. The van der Waals surface area contributed by atoms with Crippen LogP contribution in [-0.4, -0.2) is 54.1 Å². The van der Waals surface area contributed by atoms with E-state index in [-0.39, 0.29) is 0 Å². The van der Waals surface area contributed by atoms with Crippen LogP contribution in [0.1, 0.15) is 43.0 Å². The first kappa shape index (κ1) is 13.3. The molecule has 1 saturated carbocycles. The minimum Gasteiger partial charge on any atom is -0.373 e. The SMILES string of the molecule is CNc1nc(C2CC2)nc(N2CCN3CCCC3C2)c1C. The van der Waals surface area contributed by atoms with Crippen LogP contribution in [0.15, 0.2) is 0 Å². The lowest BCUT2D eigenvalue weighted by Gasteiger charge is -2.39. The molecule has 0 bridgehead atoms. The van der Waals surface area contributed by atoms with Gasteiger partial charge in [-0.25, -0.2) is 9.97 Å². The van der Waals surface area contributed by atoms with Crippen LogP contribution in [0.4, 0.5) is 11.6 Å². The van der Waals surface area contributed by atoms with E-state index >= 15 is 0 Å². The summed E-state index contributed by atoms with van der Waals surface area (Å²) in [5.74, 6) is 3.83. The van der Waals surface area contributed by atoms with Gasteiger partial charge in [0.1, 0.15) is 17.5 Å². The minimum atomic E-state index is 0.601. The smallest absolute Gasteiger partial charge is 0.137 e. The third-order valence-corrected chi connectivity index (χ3v) is 5.20. The second kappa shape index (κ2) is 5.13. The molecule has 5 nitrogen and oxygen atoms in total. The lowest BCUT2D eigenvalue weighted by Crippen LogP contribution is -2.50. The van der Waals surface area contributed by atoms with Gasteiger partial charge in [-0.1, -0.05) is 0 Å². The zero-order chi connectivity index (χ0) is 14.4. The van der Waals surface area contributed by atoms with Crippen LogP contribution in [0.2, 0.25) is 0 Å². The molecule has 21 heavy (non-hydrogen) atoms. The molecule has 0 amide bonds. The van der Waals surface area contributed by atoms with Gasteiger partial charge in [-0.15, -0.1) is 0 Å². The van der Waals surface area contributed by atoms with Crippen molar-refractivity contribution in [3.05, 3.63) is 11.4 Å². The number of aromatic nitrogens is 2. The normalized spacial score (nSPS) is 26.0. The van der Waals surface area contributed by atoms with Crippen LogP contribution in [0.3, 0.4) is 0 Å². The van der Waals surface area contributed by atoms with Crippen molar-refractivity contribution in [1.82, 2.24) is 14.9 Å². The van der Waals surface area contributed by atoms with Gasteiger partial charge in [0.25, 0.3) is 0 Å². The van der Waals surface area contributed by atoms with E-state index in [1.54, 1.807) is 0 Å². The number of anilines is 2. The average Bonchev–Trinajstić information content (AvgIpc) is 3.25. The number of hydrogen-bond acceptors (Lipinski definition) is 5. The van der Waals surface area contributed by atoms with Gasteiger partial charge in [0.2, 0.25) is 0 Å². The van der Waals surface area contributed by atoms with E-state index in [0.29, 0.717) is 5.92 Å². The zero-order valence-electron chi connectivity index (χ0n) is 13.1. The Balaban J connectivity index is 1.65. The lowest BCUT2D eigenvalue weighted by molar-refractivity contribution is 0.230. The van der Waals surface area contributed by atoms with Gasteiger partial charge in [0, 0.05) is 44.2 Å². The maximum Gasteiger partial charge on any atom is 0.137 e. The van der Waals surface area contributed by atoms with E-state index < -0.39 is 0 Å². The molecule has 2 saturated heterocycles. The molecule has 2 aliphatic heterocycles. The first-order valence-corrected chi connectivity index (χ1v) is 8.31. The van der Waals surface area contributed by atoms with E-state index in [1.165, 1.54) is 50.2 Å². The van der Waals surface area contributed by atoms with Gasteiger partial charge in [0.05, 0.1) is 0 Å². The Morgan fingerprint density at radius 1 is 1.10 bits per heavy atom. The van der Waals surface area contributed by atoms with E-state index in [1.807, 2.05) is 7.05 Å². The molecule has 114 valence electrons. The molecule has 1 atom stereocenters. The van der Waals surface area contributed by atoms with Gasteiger partial charge >= 0.3 is 0 Å². The molecular weight excluding hydrogens is 262 g/mol. The fourth-order valence-electron chi connectivity index (χ4n) is 3.78. The van der Waals surface area contributed by atoms with Crippen molar-refractivity contribution < 1.29 is 0 Å². The number of rotatable bonds is 3. The van der Waals surface area contributed by atoms with E-state index in [0.717, 1.165) is 30.8 Å². The fourth-order valence-corrected chi connectivity index (χ4v) is 3.78. The molecule has 1 aromatic heterocycles. The number of nitrogens with one attached hydrogen (secondary N) is 1. The van der Waals surface area contributed by atoms with Crippen molar-refractivity contribution in [2.24, 2.45) is 0 Å². The average molecular weight is 287 g/mol. The van der Waals surface area contributed by atoms with Crippen LogP contribution in [0, 0.1) is 6.92 Å². The summed E-state index contributed by atoms with van der Waals surface area (Å²) in [5.41, 5.74) is 1.20. The van der Waals surface area contributed by atoms with Crippen LogP contribution in [-0.2, 0) is 0 Å². The van der Waals surface area contributed by atoms with E-state index in [2.05, 4.69) is 22.0 Å². The summed E-state index contributed by atoms with van der Waals surface area (Å²) < 4.78 is 0. The van der Waals surface area contributed by atoms with Crippen LogP contribution in [0.5, 0.6) is 0 Å². The molecular formula is C16H25N5. The van der Waals surface area contributed by atoms with Gasteiger partial charge in [0.15, 0.2) is 0 Å². The summed E-state index contributed by atoms with van der Waals surface area (Å²) in [5, 5.41) is 3.26. The van der Waals surface area contributed by atoms with Crippen LogP contribution < -0.4 is 10.2 Å². The summed E-state index contributed by atoms with van der Waals surface area (Å²) in [6, 6.07) is 0.732.